The maximum Gasteiger partial charge on any atom is 0.261 e. The largest absolute Gasteiger partial charge is 0.497 e. The summed E-state index contributed by atoms with van der Waals surface area (Å²) in [5.41, 5.74) is 2.10. The molecular formula is C16H17N3O3S. The lowest BCUT2D eigenvalue weighted by Crippen LogP contribution is -2.12. The number of nitrogens with zero attached hydrogens (tertiary/aromatic N) is 1. The van der Waals surface area contributed by atoms with E-state index in [1.807, 2.05) is 6.92 Å². The zero-order valence-corrected chi connectivity index (χ0v) is 13.6. The lowest BCUT2D eigenvalue weighted by Gasteiger charge is -2.08. The number of benzene rings is 2. The number of nitrogens with one attached hydrogen (secondary N) is 2. The number of aryl methyl sites for hydroxylation is 1. The van der Waals surface area contributed by atoms with Gasteiger partial charge in [0.05, 0.1) is 28.7 Å². The molecule has 7 heteroatoms. The minimum Gasteiger partial charge on any atom is -0.497 e. The smallest absolute Gasteiger partial charge is 0.261 e. The maximum absolute atomic E-state index is 12.4. The standard InChI is InChI=1S/C16H17N3O3S/c1-3-16-17-14-9-4-11(10-15(14)18-16)19-23(20,21)13-7-5-12(22-2)6-8-13/h4-10,19H,3H2,1-2H3,(H,17,18). The van der Waals surface area contributed by atoms with E-state index in [1.165, 1.54) is 19.2 Å². The van der Waals surface area contributed by atoms with Crippen LogP contribution in [0, 0.1) is 0 Å². The number of methoxy groups -OCH3 is 1. The van der Waals surface area contributed by atoms with E-state index in [0.29, 0.717) is 11.4 Å². The molecule has 23 heavy (non-hydrogen) atoms. The summed E-state index contributed by atoms with van der Waals surface area (Å²) < 4.78 is 32.5. The predicted molar refractivity (Wildman–Crippen MR) is 89.3 cm³/mol. The van der Waals surface area contributed by atoms with Gasteiger partial charge in [0.2, 0.25) is 0 Å². The third-order valence-electron chi connectivity index (χ3n) is 3.49. The van der Waals surface area contributed by atoms with E-state index in [0.717, 1.165) is 23.3 Å². The summed E-state index contributed by atoms with van der Waals surface area (Å²) in [5, 5.41) is 0. The van der Waals surface area contributed by atoms with Gasteiger partial charge in [-0.2, -0.15) is 0 Å². The van der Waals surface area contributed by atoms with E-state index >= 15 is 0 Å². The molecule has 0 saturated heterocycles. The number of H-pyrrole nitrogens is 1. The summed E-state index contributed by atoms with van der Waals surface area (Å²) in [6.07, 6.45) is 0.793. The molecule has 0 atom stereocenters. The van der Waals surface area contributed by atoms with Crippen LogP contribution < -0.4 is 9.46 Å². The second-order valence-electron chi connectivity index (χ2n) is 5.05. The van der Waals surface area contributed by atoms with Crippen LogP contribution >= 0.6 is 0 Å². The number of hydrogen-bond acceptors (Lipinski definition) is 4. The number of hydrogen-bond donors (Lipinski definition) is 2. The Morgan fingerprint density at radius 3 is 2.57 bits per heavy atom. The van der Waals surface area contributed by atoms with Crippen molar-refractivity contribution in [3.8, 4) is 5.75 Å². The molecule has 0 saturated carbocycles. The maximum atomic E-state index is 12.4. The van der Waals surface area contributed by atoms with Crippen LogP contribution in [0.15, 0.2) is 47.4 Å². The van der Waals surface area contributed by atoms with E-state index in [9.17, 15) is 8.42 Å². The van der Waals surface area contributed by atoms with E-state index in [-0.39, 0.29) is 4.90 Å². The summed E-state index contributed by atoms with van der Waals surface area (Å²) >= 11 is 0. The molecule has 3 aromatic rings. The van der Waals surface area contributed by atoms with Crippen LogP contribution in [0.4, 0.5) is 5.69 Å². The van der Waals surface area contributed by atoms with Gasteiger partial charge in [-0.15, -0.1) is 0 Å². The van der Waals surface area contributed by atoms with E-state index in [1.54, 1.807) is 30.3 Å². The van der Waals surface area contributed by atoms with Gasteiger partial charge in [0, 0.05) is 6.42 Å². The van der Waals surface area contributed by atoms with Gasteiger partial charge in [-0.1, -0.05) is 6.92 Å². The molecule has 0 bridgehead atoms. The Morgan fingerprint density at radius 1 is 1.17 bits per heavy atom. The van der Waals surface area contributed by atoms with Gasteiger partial charge in [0.25, 0.3) is 10.0 Å². The molecule has 0 spiro atoms. The molecule has 2 N–H and O–H groups in total. The van der Waals surface area contributed by atoms with E-state index in [2.05, 4.69) is 14.7 Å². The number of aromatic nitrogens is 2. The van der Waals surface area contributed by atoms with Crippen molar-refractivity contribution in [1.29, 1.82) is 0 Å². The molecule has 0 amide bonds. The van der Waals surface area contributed by atoms with Crippen LogP contribution in [-0.2, 0) is 16.4 Å². The van der Waals surface area contributed by atoms with Crippen LogP contribution in [-0.4, -0.2) is 25.5 Å². The Balaban J connectivity index is 1.89. The van der Waals surface area contributed by atoms with Crippen molar-refractivity contribution in [2.75, 3.05) is 11.8 Å². The first-order valence-electron chi connectivity index (χ1n) is 7.17. The lowest BCUT2D eigenvalue weighted by atomic mass is 10.3. The molecule has 0 aliphatic rings. The Morgan fingerprint density at radius 2 is 1.91 bits per heavy atom. The summed E-state index contributed by atoms with van der Waals surface area (Å²) in [6.45, 7) is 2.00. The van der Waals surface area contributed by atoms with E-state index in [4.69, 9.17) is 4.74 Å². The third-order valence-corrected chi connectivity index (χ3v) is 4.88. The number of rotatable bonds is 5. The number of imidazole rings is 1. The molecule has 0 fully saturated rings. The normalized spacial score (nSPS) is 11.6. The van der Waals surface area contributed by atoms with Crippen LogP contribution in [0.3, 0.4) is 0 Å². The summed E-state index contributed by atoms with van der Waals surface area (Å²) in [6, 6.07) is 11.5. The highest BCUT2D eigenvalue weighted by molar-refractivity contribution is 7.92. The molecule has 1 heterocycles. The third kappa shape index (κ3) is 3.14. The van der Waals surface area contributed by atoms with Gasteiger partial charge >= 0.3 is 0 Å². The van der Waals surface area contributed by atoms with Crippen LogP contribution in [0.5, 0.6) is 5.75 Å². The fourth-order valence-electron chi connectivity index (χ4n) is 2.26. The molecule has 2 aromatic carbocycles. The molecule has 0 unspecified atom stereocenters. The average Bonchev–Trinajstić information content (AvgIpc) is 2.97. The lowest BCUT2D eigenvalue weighted by molar-refractivity contribution is 0.414. The van der Waals surface area contributed by atoms with Gasteiger partial charge in [-0.25, -0.2) is 13.4 Å². The molecule has 3 rings (SSSR count). The Kier molecular flexibility index (Phi) is 3.96. The van der Waals surface area contributed by atoms with Gasteiger partial charge in [-0.3, -0.25) is 4.72 Å². The van der Waals surface area contributed by atoms with Crippen molar-refractivity contribution in [3.63, 3.8) is 0 Å². The predicted octanol–water partition coefficient (Wildman–Crippen LogP) is 2.93. The molecule has 6 nitrogen and oxygen atoms in total. The highest BCUT2D eigenvalue weighted by Crippen LogP contribution is 2.22. The second kappa shape index (κ2) is 5.92. The second-order valence-corrected chi connectivity index (χ2v) is 6.73. The van der Waals surface area contributed by atoms with Gasteiger partial charge in [0.1, 0.15) is 11.6 Å². The van der Waals surface area contributed by atoms with Crippen LogP contribution in [0.1, 0.15) is 12.7 Å². The van der Waals surface area contributed by atoms with Crippen molar-refractivity contribution in [2.24, 2.45) is 0 Å². The van der Waals surface area contributed by atoms with Gasteiger partial charge in [0.15, 0.2) is 0 Å². The molecule has 0 aliphatic carbocycles. The van der Waals surface area contributed by atoms with Crippen molar-refractivity contribution >= 4 is 26.7 Å². The highest BCUT2D eigenvalue weighted by Gasteiger charge is 2.14. The van der Waals surface area contributed by atoms with Crippen LogP contribution in [0.25, 0.3) is 11.0 Å². The van der Waals surface area contributed by atoms with Crippen molar-refractivity contribution in [2.45, 2.75) is 18.2 Å². The average molecular weight is 331 g/mol. The topological polar surface area (TPSA) is 84.1 Å². The highest BCUT2D eigenvalue weighted by atomic mass is 32.2. The molecule has 0 aliphatic heterocycles. The van der Waals surface area contributed by atoms with Crippen molar-refractivity contribution in [1.82, 2.24) is 9.97 Å². The number of anilines is 1. The first kappa shape index (κ1) is 15.4. The molecule has 1 aromatic heterocycles. The summed E-state index contributed by atoms with van der Waals surface area (Å²) in [4.78, 5) is 7.74. The minimum atomic E-state index is -3.65. The number of sulfonamides is 1. The van der Waals surface area contributed by atoms with Gasteiger partial charge in [-0.05, 0) is 42.5 Å². The first-order chi connectivity index (χ1) is 11.0. The first-order valence-corrected chi connectivity index (χ1v) is 8.65. The molecular weight excluding hydrogens is 314 g/mol. The number of aromatic amines is 1. The summed E-state index contributed by atoms with van der Waals surface area (Å²) in [7, 11) is -2.11. The minimum absolute atomic E-state index is 0.178. The molecule has 0 radical (unpaired) electrons. The Hall–Kier alpha value is -2.54. The summed E-state index contributed by atoms with van der Waals surface area (Å²) in [5.74, 6) is 1.48. The van der Waals surface area contributed by atoms with Crippen molar-refractivity contribution in [3.05, 3.63) is 48.3 Å². The Labute approximate surface area is 134 Å². The monoisotopic (exact) mass is 331 g/mol. The van der Waals surface area contributed by atoms with Crippen LogP contribution in [0.2, 0.25) is 0 Å². The van der Waals surface area contributed by atoms with Crippen molar-refractivity contribution < 1.29 is 13.2 Å². The molecule has 120 valence electrons. The SMILES string of the molecule is CCc1nc2ccc(NS(=O)(=O)c3ccc(OC)cc3)cc2[nH]1. The van der Waals surface area contributed by atoms with Gasteiger partial charge < -0.3 is 9.72 Å². The zero-order valence-electron chi connectivity index (χ0n) is 12.8. The fourth-order valence-corrected chi connectivity index (χ4v) is 3.31. The zero-order chi connectivity index (χ0) is 16.4. The van der Waals surface area contributed by atoms with E-state index < -0.39 is 10.0 Å². The quantitative estimate of drug-likeness (QED) is 0.753. The Bertz CT molecular complexity index is 931. The number of ether oxygens (including phenoxy) is 1. The fraction of sp³-hybridized carbons (Fsp3) is 0.188. The number of fused-ring (bicyclic) bond motifs is 1.